The molecule has 2 aromatic rings. The molecule has 1 N–H and O–H groups in total. The lowest BCUT2D eigenvalue weighted by Crippen LogP contribution is -2.30. The van der Waals surface area contributed by atoms with Crippen molar-refractivity contribution in [2.75, 3.05) is 12.4 Å². The molecular weight excluding hydrogens is 298 g/mol. The van der Waals surface area contributed by atoms with E-state index in [2.05, 4.69) is 5.32 Å². The maximum absolute atomic E-state index is 12.2. The first-order valence-corrected chi connectivity index (χ1v) is 7.13. The minimum absolute atomic E-state index is 0.304. The molecule has 1 aromatic heterocycles. The van der Waals surface area contributed by atoms with E-state index in [-0.39, 0.29) is 0 Å². The van der Waals surface area contributed by atoms with Crippen LogP contribution in [0.15, 0.2) is 34.9 Å². The summed E-state index contributed by atoms with van der Waals surface area (Å²) >= 11 is 0. The number of ether oxygens (including phenoxy) is 2. The SMILES string of the molecule is COc1ccc(C)cc1NC(=O)[C@@H](C)OC(=O)c1ccoc1C. The smallest absolute Gasteiger partial charge is 0.342 e. The van der Waals surface area contributed by atoms with Gasteiger partial charge in [-0.1, -0.05) is 6.07 Å². The van der Waals surface area contributed by atoms with Gasteiger partial charge in [0.25, 0.3) is 5.91 Å². The number of methoxy groups -OCH3 is 1. The zero-order valence-corrected chi connectivity index (χ0v) is 13.5. The van der Waals surface area contributed by atoms with Crippen LogP contribution in [0.1, 0.15) is 28.6 Å². The quantitative estimate of drug-likeness (QED) is 0.857. The second-order valence-electron chi connectivity index (χ2n) is 5.13. The first-order valence-electron chi connectivity index (χ1n) is 7.13. The van der Waals surface area contributed by atoms with Crippen LogP contribution in [0.2, 0.25) is 0 Å². The van der Waals surface area contributed by atoms with Crippen molar-refractivity contribution in [1.29, 1.82) is 0 Å². The number of carbonyl (C=O) groups excluding carboxylic acids is 2. The lowest BCUT2D eigenvalue weighted by molar-refractivity contribution is -0.123. The Morgan fingerprint density at radius 2 is 1.96 bits per heavy atom. The number of aryl methyl sites for hydroxylation is 2. The fourth-order valence-corrected chi connectivity index (χ4v) is 2.03. The van der Waals surface area contributed by atoms with Crippen LogP contribution in [0.4, 0.5) is 5.69 Å². The molecule has 2 rings (SSSR count). The van der Waals surface area contributed by atoms with Gasteiger partial charge in [0.05, 0.1) is 19.1 Å². The van der Waals surface area contributed by atoms with Gasteiger partial charge in [-0.2, -0.15) is 0 Å². The molecule has 0 radical (unpaired) electrons. The normalized spacial score (nSPS) is 11.7. The fourth-order valence-electron chi connectivity index (χ4n) is 2.03. The zero-order valence-electron chi connectivity index (χ0n) is 13.5. The Morgan fingerprint density at radius 3 is 2.57 bits per heavy atom. The summed E-state index contributed by atoms with van der Waals surface area (Å²) in [5.41, 5.74) is 1.80. The van der Waals surface area contributed by atoms with E-state index in [9.17, 15) is 9.59 Å². The Labute approximate surface area is 134 Å². The fraction of sp³-hybridized carbons (Fsp3) is 0.294. The number of hydrogen-bond acceptors (Lipinski definition) is 5. The maximum Gasteiger partial charge on any atom is 0.342 e. The van der Waals surface area contributed by atoms with Crippen LogP contribution in [0.5, 0.6) is 5.75 Å². The van der Waals surface area contributed by atoms with E-state index in [0.717, 1.165) is 5.56 Å². The number of carbonyl (C=O) groups is 2. The third-order valence-corrected chi connectivity index (χ3v) is 3.34. The van der Waals surface area contributed by atoms with Crippen molar-refractivity contribution in [2.45, 2.75) is 26.9 Å². The number of nitrogens with one attached hydrogen (secondary N) is 1. The first kappa shape index (κ1) is 16.6. The molecule has 1 aromatic carbocycles. The highest BCUT2D eigenvalue weighted by Gasteiger charge is 2.22. The summed E-state index contributed by atoms with van der Waals surface area (Å²) in [5, 5.41) is 2.70. The highest BCUT2D eigenvalue weighted by Crippen LogP contribution is 2.25. The molecule has 1 amide bonds. The number of esters is 1. The average molecular weight is 317 g/mol. The molecule has 0 fully saturated rings. The summed E-state index contributed by atoms with van der Waals surface area (Å²) in [4.78, 5) is 24.2. The van der Waals surface area contributed by atoms with Crippen LogP contribution in [0.3, 0.4) is 0 Å². The van der Waals surface area contributed by atoms with E-state index in [1.807, 2.05) is 13.0 Å². The molecule has 0 aliphatic carbocycles. The Bertz CT molecular complexity index is 720. The van der Waals surface area contributed by atoms with E-state index in [4.69, 9.17) is 13.9 Å². The molecule has 0 bridgehead atoms. The van der Waals surface area contributed by atoms with E-state index in [1.54, 1.807) is 19.1 Å². The lowest BCUT2D eigenvalue weighted by Gasteiger charge is -2.15. The molecular formula is C17H19NO5. The summed E-state index contributed by atoms with van der Waals surface area (Å²) in [5.74, 6) is -0.0605. The van der Waals surface area contributed by atoms with E-state index < -0.39 is 18.0 Å². The molecule has 0 saturated carbocycles. The van der Waals surface area contributed by atoms with Crippen molar-refractivity contribution in [2.24, 2.45) is 0 Å². The van der Waals surface area contributed by atoms with Gasteiger partial charge in [-0.3, -0.25) is 4.79 Å². The number of rotatable bonds is 5. The monoisotopic (exact) mass is 317 g/mol. The predicted octanol–water partition coefficient (Wildman–Crippen LogP) is 3.09. The van der Waals surface area contributed by atoms with E-state index in [1.165, 1.54) is 26.4 Å². The molecule has 23 heavy (non-hydrogen) atoms. The summed E-state index contributed by atoms with van der Waals surface area (Å²) < 4.78 is 15.4. The molecule has 0 aliphatic heterocycles. The van der Waals surface area contributed by atoms with Crippen LogP contribution in [-0.4, -0.2) is 25.1 Å². The van der Waals surface area contributed by atoms with Gasteiger partial charge in [0.2, 0.25) is 0 Å². The molecule has 0 spiro atoms. The Kier molecular flexibility index (Phi) is 5.05. The van der Waals surface area contributed by atoms with Gasteiger partial charge in [0, 0.05) is 0 Å². The number of anilines is 1. The van der Waals surface area contributed by atoms with Crippen molar-refractivity contribution in [3.63, 3.8) is 0 Å². The lowest BCUT2D eigenvalue weighted by atomic mass is 10.2. The summed E-state index contributed by atoms with van der Waals surface area (Å²) in [6.45, 7) is 5.06. The van der Waals surface area contributed by atoms with Crippen LogP contribution < -0.4 is 10.1 Å². The number of hydrogen-bond donors (Lipinski definition) is 1. The van der Waals surface area contributed by atoms with Crippen molar-refractivity contribution in [3.05, 3.63) is 47.4 Å². The maximum atomic E-state index is 12.2. The number of benzene rings is 1. The molecule has 1 heterocycles. The van der Waals surface area contributed by atoms with Crippen LogP contribution >= 0.6 is 0 Å². The van der Waals surface area contributed by atoms with Gasteiger partial charge in [0.1, 0.15) is 17.1 Å². The van der Waals surface area contributed by atoms with Crippen molar-refractivity contribution in [1.82, 2.24) is 0 Å². The first-order chi connectivity index (χ1) is 10.9. The Morgan fingerprint density at radius 1 is 1.22 bits per heavy atom. The van der Waals surface area contributed by atoms with Crippen molar-refractivity contribution in [3.8, 4) is 5.75 Å². The van der Waals surface area contributed by atoms with E-state index in [0.29, 0.717) is 22.8 Å². The Balaban J connectivity index is 2.04. The third kappa shape index (κ3) is 3.91. The molecule has 0 saturated heterocycles. The molecule has 6 heteroatoms. The standard InChI is InChI=1S/C17H19NO5/c1-10-5-6-15(21-4)14(9-10)18-16(19)12(3)23-17(20)13-7-8-22-11(13)2/h5-9,12H,1-4H3,(H,18,19)/t12-/m1/s1. The molecule has 0 aliphatic rings. The summed E-state index contributed by atoms with van der Waals surface area (Å²) in [6.07, 6.45) is 0.441. The topological polar surface area (TPSA) is 77.8 Å². The number of furan rings is 1. The summed E-state index contributed by atoms with van der Waals surface area (Å²) in [6, 6.07) is 6.92. The molecule has 0 unspecified atom stereocenters. The molecule has 122 valence electrons. The second kappa shape index (κ2) is 7.00. The molecule has 1 atom stereocenters. The van der Waals surface area contributed by atoms with Crippen LogP contribution in [0.25, 0.3) is 0 Å². The number of amides is 1. The van der Waals surface area contributed by atoms with Crippen LogP contribution in [-0.2, 0) is 9.53 Å². The van der Waals surface area contributed by atoms with E-state index >= 15 is 0 Å². The third-order valence-electron chi connectivity index (χ3n) is 3.34. The molecule has 6 nitrogen and oxygen atoms in total. The largest absolute Gasteiger partial charge is 0.495 e. The van der Waals surface area contributed by atoms with Gasteiger partial charge in [-0.05, 0) is 44.5 Å². The minimum Gasteiger partial charge on any atom is -0.495 e. The van der Waals surface area contributed by atoms with Gasteiger partial charge in [-0.25, -0.2) is 4.79 Å². The Hall–Kier alpha value is -2.76. The highest BCUT2D eigenvalue weighted by atomic mass is 16.5. The van der Waals surface area contributed by atoms with Gasteiger partial charge < -0.3 is 19.2 Å². The average Bonchev–Trinajstić information content (AvgIpc) is 2.93. The van der Waals surface area contributed by atoms with Gasteiger partial charge in [-0.15, -0.1) is 0 Å². The summed E-state index contributed by atoms with van der Waals surface area (Å²) in [7, 11) is 1.52. The highest BCUT2D eigenvalue weighted by molar-refractivity contribution is 5.98. The second-order valence-corrected chi connectivity index (χ2v) is 5.13. The van der Waals surface area contributed by atoms with Crippen LogP contribution in [0, 0.1) is 13.8 Å². The predicted molar refractivity (Wildman–Crippen MR) is 84.7 cm³/mol. The van der Waals surface area contributed by atoms with Gasteiger partial charge >= 0.3 is 5.97 Å². The van der Waals surface area contributed by atoms with Crippen molar-refractivity contribution < 1.29 is 23.5 Å². The van der Waals surface area contributed by atoms with Gasteiger partial charge in [0.15, 0.2) is 6.10 Å². The minimum atomic E-state index is -0.956. The zero-order chi connectivity index (χ0) is 17.0. The van der Waals surface area contributed by atoms with Crippen molar-refractivity contribution >= 4 is 17.6 Å².